The molecule has 1 aromatic heterocycles. The Labute approximate surface area is 117 Å². The van der Waals surface area contributed by atoms with E-state index in [4.69, 9.17) is 5.11 Å². The third-order valence-corrected chi connectivity index (χ3v) is 3.70. The average molecular weight is 265 g/mol. The number of fused-ring (bicyclic) bond motifs is 1. The number of benzene rings is 2. The molecule has 3 heteroatoms. The standard InChI is InChI=1S/C17H15NO2/c1-11-9-14-7-8-18(16(14)10-12(11)2)15-5-3-13(4-6-15)17(19)20/h3-10H,1-2H3,(H,19,20). The summed E-state index contributed by atoms with van der Waals surface area (Å²) < 4.78 is 2.08. The highest BCUT2D eigenvalue weighted by Gasteiger charge is 2.07. The van der Waals surface area contributed by atoms with E-state index >= 15 is 0 Å². The van der Waals surface area contributed by atoms with E-state index in [-0.39, 0.29) is 0 Å². The predicted molar refractivity (Wildman–Crippen MR) is 79.7 cm³/mol. The Morgan fingerprint density at radius 1 is 1.00 bits per heavy atom. The molecular weight excluding hydrogens is 250 g/mol. The number of carboxylic acid groups (broad SMARTS) is 1. The van der Waals surface area contributed by atoms with Crippen molar-refractivity contribution in [2.75, 3.05) is 0 Å². The van der Waals surface area contributed by atoms with Crippen LogP contribution in [-0.4, -0.2) is 15.6 Å². The minimum atomic E-state index is -0.902. The van der Waals surface area contributed by atoms with Crippen LogP contribution in [0.1, 0.15) is 21.5 Å². The van der Waals surface area contributed by atoms with Crippen LogP contribution in [0.5, 0.6) is 0 Å². The van der Waals surface area contributed by atoms with Crippen LogP contribution in [0.3, 0.4) is 0 Å². The molecule has 0 fully saturated rings. The molecule has 0 saturated heterocycles. The van der Waals surface area contributed by atoms with Crippen molar-refractivity contribution in [1.29, 1.82) is 0 Å². The first kappa shape index (κ1) is 12.5. The van der Waals surface area contributed by atoms with Gasteiger partial charge in [0.05, 0.1) is 11.1 Å². The molecule has 0 aliphatic heterocycles. The van der Waals surface area contributed by atoms with Crippen LogP contribution in [-0.2, 0) is 0 Å². The zero-order valence-corrected chi connectivity index (χ0v) is 11.4. The van der Waals surface area contributed by atoms with Gasteiger partial charge in [0.25, 0.3) is 0 Å². The van der Waals surface area contributed by atoms with E-state index in [1.54, 1.807) is 12.1 Å². The molecule has 1 heterocycles. The molecular formula is C17H15NO2. The summed E-state index contributed by atoms with van der Waals surface area (Å²) in [6.45, 7) is 4.20. The Hall–Kier alpha value is -2.55. The van der Waals surface area contributed by atoms with Crippen molar-refractivity contribution in [3.63, 3.8) is 0 Å². The number of aromatic nitrogens is 1. The third kappa shape index (κ3) is 1.97. The molecule has 1 N–H and O–H groups in total. The lowest BCUT2D eigenvalue weighted by Crippen LogP contribution is -1.97. The zero-order valence-electron chi connectivity index (χ0n) is 11.4. The van der Waals surface area contributed by atoms with Crippen LogP contribution in [0.2, 0.25) is 0 Å². The molecule has 0 aliphatic carbocycles. The second-order valence-corrected chi connectivity index (χ2v) is 5.03. The van der Waals surface area contributed by atoms with E-state index in [9.17, 15) is 4.79 Å². The Morgan fingerprint density at radius 3 is 2.30 bits per heavy atom. The highest BCUT2D eigenvalue weighted by atomic mass is 16.4. The topological polar surface area (TPSA) is 42.2 Å². The van der Waals surface area contributed by atoms with Crippen molar-refractivity contribution in [3.05, 3.63) is 65.4 Å². The van der Waals surface area contributed by atoms with Crippen molar-refractivity contribution in [2.45, 2.75) is 13.8 Å². The lowest BCUT2D eigenvalue weighted by Gasteiger charge is -2.07. The van der Waals surface area contributed by atoms with Gasteiger partial charge in [0.15, 0.2) is 0 Å². The van der Waals surface area contributed by atoms with Gasteiger partial charge in [0, 0.05) is 17.3 Å². The number of hydrogen-bond donors (Lipinski definition) is 1. The number of carbonyl (C=O) groups is 1. The molecule has 100 valence electrons. The van der Waals surface area contributed by atoms with Crippen LogP contribution < -0.4 is 0 Å². The van der Waals surface area contributed by atoms with Crippen molar-refractivity contribution in [2.24, 2.45) is 0 Å². The maximum absolute atomic E-state index is 10.9. The minimum absolute atomic E-state index is 0.303. The van der Waals surface area contributed by atoms with Crippen molar-refractivity contribution >= 4 is 16.9 Å². The first-order chi connectivity index (χ1) is 9.56. The number of rotatable bonds is 2. The molecule has 3 nitrogen and oxygen atoms in total. The molecule has 0 unspecified atom stereocenters. The van der Waals surface area contributed by atoms with E-state index in [2.05, 4.69) is 36.6 Å². The van der Waals surface area contributed by atoms with Gasteiger partial charge in [-0.3, -0.25) is 0 Å². The van der Waals surface area contributed by atoms with Gasteiger partial charge in [0.2, 0.25) is 0 Å². The lowest BCUT2D eigenvalue weighted by molar-refractivity contribution is 0.0697. The van der Waals surface area contributed by atoms with E-state index in [1.165, 1.54) is 16.5 Å². The molecule has 0 bridgehead atoms. The van der Waals surface area contributed by atoms with Gasteiger partial charge in [-0.2, -0.15) is 0 Å². The summed E-state index contributed by atoms with van der Waals surface area (Å²) in [5.41, 5.74) is 4.93. The number of aromatic carboxylic acids is 1. The normalized spacial score (nSPS) is 10.9. The van der Waals surface area contributed by atoms with Crippen LogP contribution in [0, 0.1) is 13.8 Å². The SMILES string of the molecule is Cc1cc2ccn(-c3ccc(C(=O)O)cc3)c2cc1C. The molecule has 0 atom stereocenters. The van der Waals surface area contributed by atoms with Crippen molar-refractivity contribution in [1.82, 2.24) is 4.57 Å². The third-order valence-electron chi connectivity index (χ3n) is 3.70. The molecule has 2 aromatic carbocycles. The molecule has 0 aliphatic rings. The highest BCUT2D eigenvalue weighted by Crippen LogP contribution is 2.24. The first-order valence-corrected chi connectivity index (χ1v) is 6.48. The lowest BCUT2D eigenvalue weighted by atomic mass is 10.1. The largest absolute Gasteiger partial charge is 0.478 e. The summed E-state index contributed by atoms with van der Waals surface area (Å²) in [5, 5.41) is 10.1. The van der Waals surface area contributed by atoms with Gasteiger partial charge in [-0.1, -0.05) is 0 Å². The van der Waals surface area contributed by atoms with E-state index < -0.39 is 5.97 Å². The second-order valence-electron chi connectivity index (χ2n) is 5.03. The quantitative estimate of drug-likeness (QED) is 0.762. The number of nitrogens with zero attached hydrogens (tertiary/aromatic N) is 1. The summed E-state index contributed by atoms with van der Waals surface area (Å²) in [7, 11) is 0. The smallest absolute Gasteiger partial charge is 0.335 e. The minimum Gasteiger partial charge on any atom is -0.478 e. The maximum atomic E-state index is 10.9. The van der Waals surface area contributed by atoms with Gasteiger partial charge in [0.1, 0.15) is 0 Å². The van der Waals surface area contributed by atoms with Crippen molar-refractivity contribution < 1.29 is 9.90 Å². The fraction of sp³-hybridized carbons (Fsp3) is 0.118. The molecule has 20 heavy (non-hydrogen) atoms. The van der Waals surface area contributed by atoms with Gasteiger partial charge >= 0.3 is 5.97 Å². The van der Waals surface area contributed by atoms with E-state index in [0.29, 0.717) is 5.56 Å². The number of aryl methyl sites for hydroxylation is 2. The van der Waals surface area contributed by atoms with Crippen LogP contribution in [0.15, 0.2) is 48.7 Å². The summed E-state index contributed by atoms with van der Waals surface area (Å²) in [4.78, 5) is 10.9. The monoisotopic (exact) mass is 265 g/mol. The van der Waals surface area contributed by atoms with Gasteiger partial charge in [-0.05, 0) is 67.4 Å². The van der Waals surface area contributed by atoms with Gasteiger partial charge in [-0.25, -0.2) is 4.79 Å². The molecule has 0 amide bonds. The average Bonchev–Trinajstić information content (AvgIpc) is 2.82. The van der Waals surface area contributed by atoms with E-state index in [0.717, 1.165) is 11.2 Å². The summed E-state index contributed by atoms with van der Waals surface area (Å²) in [6, 6.07) is 13.3. The molecule has 3 rings (SSSR count). The second kappa shape index (κ2) is 4.53. The van der Waals surface area contributed by atoms with Crippen molar-refractivity contribution in [3.8, 4) is 5.69 Å². The summed E-state index contributed by atoms with van der Waals surface area (Å²) in [5.74, 6) is -0.902. The number of carboxylic acids is 1. The van der Waals surface area contributed by atoms with E-state index in [1.807, 2.05) is 18.3 Å². The fourth-order valence-electron chi connectivity index (χ4n) is 2.39. The Bertz CT molecular complexity index is 798. The Balaban J connectivity index is 2.14. The van der Waals surface area contributed by atoms with Gasteiger partial charge in [-0.15, -0.1) is 0 Å². The molecule has 0 spiro atoms. The Morgan fingerprint density at radius 2 is 1.65 bits per heavy atom. The number of hydrogen-bond acceptors (Lipinski definition) is 1. The molecule has 3 aromatic rings. The first-order valence-electron chi connectivity index (χ1n) is 6.48. The van der Waals surface area contributed by atoms with Crippen LogP contribution in [0.4, 0.5) is 0 Å². The Kier molecular flexibility index (Phi) is 2.83. The molecule has 0 radical (unpaired) electrons. The summed E-state index contributed by atoms with van der Waals surface area (Å²) >= 11 is 0. The maximum Gasteiger partial charge on any atom is 0.335 e. The van der Waals surface area contributed by atoms with Gasteiger partial charge < -0.3 is 9.67 Å². The fourth-order valence-corrected chi connectivity index (χ4v) is 2.39. The molecule has 0 saturated carbocycles. The summed E-state index contributed by atoms with van der Waals surface area (Å²) in [6.07, 6.45) is 2.01. The van der Waals surface area contributed by atoms with Crippen LogP contribution >= 0.6 is 0 Å². The highest BCUT2D eigenvalue weighted by molar-refractivity contribution is 5.88. The predicted octanol–water partition coefficient (Wildman–Crippen LogP) is 3.95. The van der Waals surface area contributed by atoms with Crippen LogP contribution in [0.25, 0.3) is 16.6 Å². The zero-order chi connectivity index (χ0) is 14.3.